The zero-order valence-electron chi connectivity index (χ0n) is 10.0. The van der Waals surface area contributed by atoms with E-state index >= 15 is 0 Å². The fraction of sp³-hybridized carbons (Fsp3) is 0.0769. The molecule has 0 atom stereocenters. The Bertz CT molecular complexity index is 801. The summed E-state index contributed by atoms with van der Waals surface area (Å²) in [7, 11) is 0. The first-order chi connectivity index (χ1) is 9.28. The molecule has 0 amide bonds. The van der Waals surface area contributed by atoms with Crippen molar-refractivity contribution in [3.05, 3.63) is 47.0 Å². The van der Waals surface area contributed by atoms with Crippen LogP contribution in [0.5, 0.6) is 0 Å². The molecule has 0 fully saturated rings. The zero-order chi connectivity index (χ0) is 13.2. The maximum absolute atomic E-state index is 12.0. The largest absolute Gasteiger partial charge is 0.279 e. The molecule has 0 aliphatic heterocycles. The normalized spacial score (nSPS) is 10.8. The summed E-state index contributed by atoms with van der Waals surface area (Å²) in [4.78, 5) is 24.6. The van der Waals surface area contributed by atoms with Gasteiger partial charge in [0.05, 0.1) is 17.8 Å². The number of benzene rings is 1. The third-order valence-corrected chi connectivity index (χ3v) is 4.25. The van der Waals surface area contributed by atoms with E-state index in [1.165, 1.54) is 23.1 Å². The number of aromatic nitrogens is 3. The summed E-state index contributed by atoms with van der Waals surface area (Å²) >= 11 is 2.96. The summed E-state index contributed by atoms with van der Waals surface area (Å²) in [5.74, 6) is 0. The number of hydrogen-bond donors (Lipinski definition) is 0. The second-order valence-corrected chi connectivity index (χ2v) is 5.62. The fourth-order valence-corrected chi connectivity index (χ4v) is 2.98. The van der Waals surface area contributed by atoms with Crippen LogP contribution in [0, 0.1) is 0 Å². The molecule has 2 heterocycles. The molecule has 0 aliphatic rings. The summed E-state index contributed by atoms with van der Waals surface area (Å²) in [6.45, 7) is 0. The minimum Gasteiger partial charge on any atom is -0.267 e. The lowest BCUT2D eigenvalue weighted by Crippen LogP contribution is -2.06. The Balaban J connectivity index is 2.22. The number of fused-ring (bicyclic) bond motifs is 1. The Morgan fingerprint density at radius 1 is 1.16 bits per heavy atom. The third kappa shape index (κ3) is 2.36. The topological polar surface area (TPSA) is 55.7 Å². The van der Waals surface area contributed by atoms with Gasteiger partial charge < -0.3 is 0 Å². The van der Waals surface area contributed by atoms with Gasteiger partial charge in [0.15, 0.2) is 0 Å². The van der Waals surface area contributed by atoms with Crippen LogP contribution in [-0.4, -0.2) is 21.2 Å². The van der Waals surface area contributed by atoms with Gasteiger partial charge in [0.2, 0.25) is 0 Å². The highest BCUT2D eigenvalue weighted by Gasteiger charge is 2.08. The van der Waals surface area contributed by atoms with Crippen LogP contribution >= 0.6 is 23.1 Å². The first-order valence-corrected chi connectivity index (χ1v) is 7.58. The zero-order valence-corrected chi connectivity index (χ0v) is 11.7. The summed E-state index contributed by atoms with van der Waals surface area (Å²) in [5, 5.41) is 2.06. The van der Waals surface area contributed by atoms with Crippen molar-refractivity contribution in [1.29, 1.82) is 0 Å². The lowest BCUT2D eigenvalue weighted by Gasteiger charge is -2.01. The van der Waals surface area contributed by atoms with Gasteiger partial charge in [-0.3, -0.25) is 9.78 Å². The fourth-order valence-electron chi connectivity index (χ4n) is 1.67. The van der Waals surface area contributed by atoms with Crippen LogP contribution in [0.2, 0.25) is 0 Å². The summed E-state index contributed by atoms with van der Waals surface area (Å²) in [6.07, 6.45) is 5.26. The van der Waals surface area contributed by atoms with Crippen LogP contribution in [0.3, 0.4) is 0 Å². The Hall–Kier alpha value is -1.79. The van der Waals surface area contributed by atoms with Crippen molar-refractivity contribution in [1.82, 2.24) is 15.0 Å². The second-order valence-electron chi connectivity index (χ2n) is 3.77. The molecule has 2 aromatic heterocycles. The molecule has 0 bridgehead atoms. The molecule has 0 radical (unpaired) electrons. The molecule has 94 valence electrons. The highest BCUT2D eigenvalue weighted by Crippen LogP contribution is 2.25. The summed E-state index contributed by atoms with van der Waals surface area (Å²) in [5.41, 5.74) is 0.417. The van der Waals surface area contributed by atoms with E-state index in [1.807, 2.05) is 24.5 Å². The Kier molecular flexibility index (Phi) is 3.27. The van der Waals surface area contributed by atoms with Crippen LogP contribution in [-0.2, 0) is 0 Å². The van der Waals surface area contributed by atoms with Gasteiger partial charge in [0.1, 0.15) is 15.7 Å². The van der Waals surface area contributed by atoms with Crippen LogP contribution in [0.25, 0.3) is 20.8 Å². The van der Waals surface area contributed by atoms with Crippen molar-refractivity contribution in [2.75, 3.05) is 6.26 Å². The number of rotatable bonds is 2. The van der Waals surface area contributed by atoms with Crippen molar-refractivity contribution >= 4 is 33.2 Å². The quantitative estimate of drug-likeness (QED) is 0.678. The van der Waals surface area contributed by atoms with Gasteiger partial charge in [-0.2, -0.15) is 4.98 Å². The average molecular weight is 287 g/mol. The Morgan fingerprint density at radius 2 is 2.00 bits per heavy atom. The van der Waals surface area contributed by atoms with Gasteiger partial charge in [0, 0.05) is 4.70 Å². The highest BCUT2D eigenvalue weighted by molar-refractivity contribution is 7.98. The molecule has 4 nitrogen and oxygen atoms in total. The molecule has 1 aromatic carbocycles. The van der Waals surface area contributed by atoms with Crippen molar-refractivity contribution in [3.8, 4) is 10.7 Å². The van der Waals surface area contributed by atoms with Crippen LogP contribution in [0.15, 0.2) is 46.5 Å². The second kappa shape index (κ2) is 5.07. The molecule has 0 aliphatic carbocycles. The molecule has 0 unspecified atom stereocenters. The predicted octanol–water partition coefficient (Wildman–Crippen LogP) is 2.84. The van der Waals surface area contributed by atoms with Crippen molar-refractivity contribution in [3.63, 3.8) is 0 Å². The Labute approximate surface area is 117 Å². The van der Waals surface area contributed by atoms with E-state index in [1.54, 1.807) is 18.5 Å². The van der Waals surface area contributed by atoms with E-state index < -0.39 is 0 Å². The van der Waals surface area contributed by atoms with E-state index in [2.05, 4.69) is 15.0 Å². The molecule has 0 spiro atoms. The molecule has 3 aromatic rings. The minimum atomic E-state index is -0.222. The summed E-state index contributed by atoms with van der Waals surface area (Å²) < 4.78 is 0.911. The molecule has 19 heavy (non-hydrogen) atoms. The molecule has 0 saturated carbocycles. The van der Waals surface area contributed by atoms with E-state index in [0.29, 0.717) is 16.1 Å². The molecule has 3 rings (SSSR count). The monoisotopic (exact) mass is 287 g/mol. The first-order valence-electron chi connectivity index (χ1n) is 5.54. The van der Waals surface area contributed by atoms with Crippen molar-refractivity contribution < 1.29 is 0 Å². The van der Waals surface area contributed by atoms with Crippen molar-refractivity contribution in [2.24, 2.45) is 0 Å². The predicted molar refractivity (Wildman–Crippen MR) is 78.7 cm³/mol. The van der Waals surface area contributed by atoms with E-state index in [0.717, 1.165) is 9.73 Å². The number of nitrogens with zero attached hydrogens (tertiary/aromatic N) is 3. The third-order valence-electron chi connectivity index (χ3n) is 2.57. The Morgan fingerprint density at radius 3 is 2.84 bits per heavy atom. The maximum Gasteiger partial charge on any atom is 0.279 e. The van der Waals surface area contributed by atoms with E-state index in [-0.39, 0.29) is 5.56 Å². The van der Waals surface area contributed by atoms with Gasteiger partial charge in [0.25, 0.3) is 5.56 Å². The van der Waals surface area contributed by atoms with E-state index in [4.69, 9.17) is 0 Å². The van der Waals surface area contributed by atoms with E-state index in [9.17, 15) is 4.79 Å². The molecule has 0 saturated heterocycles. The number of hydrogen-bond acceptors (Lipinski definition) is 6. The maximum atomic E-state index is 12.0. The van der Waals surface area contributed by atoms with Gasteiger partial charge >= 0.3 is 0 Å². The minimum absolute atomic E-state index is 0.222. The molecular formula is C13H9N3OS2. The van der Waals surface area contributed by atoms with Gasteiger partial charge in [-0.05, 0) is 18.4 Å². The molecular weight excluding hydrogens is 278 g/mol. The van der Waals surface area contributed by atoms with Crippen LogP contribution in [0.1, 0.15) is 0 Å². The lowest BCUT2D eigenvalue weighted by molar-refractivity contribution is 1.06. The van der Waals surface area contributed by atoms with Gasteiger partial charge in [-0.25, -0.2) is 4.98 Å². The molecule has 6 heteroatoms. The van der Waals surface area contributed by atoms with Gasteiger partial charge in [-0.15, -0.1) is 23.1 Å². The van der Waals surface area contributed by atoms with Gasteiger partial charge in [-0.1, -0.05) is 12.1 Å². The highest BCUT2D eigenvalue weighted by atomic mass is 32.2. The first kappa shape index (κ1) is 12.3. The van der Waals surface area contributed by atoms with Crippen molar-refractivity contribution in [2.45, 2.75) is 5.03 Å². The average Bonchev–Trinajstić information content (AvgIpc) is 2.47. The van der Waals surface area contributed by atoms with Crippen LogP contribution < -0.4 is 5.56 Å². The smallest absolute Gasteiger partial charge is 0.267 e. The van der Waals surface area contributed by atoms with Crippen LogP contribution in [0.4, 0.5) is 0 Å². The number of thioether (sulfide) groups is 1. The molecule has 0 N–H and O–H groups in total. The lowest BCUT2D eigenvalue weighted by atomic mass is 10.3. The SMILES string of the molecule is CSc1cncc(-c2nc(=O)c3ccccc3s2)n1. The standard InChI is InChI=1S/C13H9N3OS2/c1-18-11-7-14-6-9(15-11)13-16-12(17)8-4-2-3-5-10(8)19-13/h2-7H,1H3. The summed E-state index contributed by atoms with van der Waals surface area (Å²) in [6, 6.07) is 7.45.